The number of hydrogen-bond acceptors (Lipinski definition) is 3. The Bertz CT molecular complexity index is 208. The molecule has 1 N–H and O–H groups in total. The molecule has 0 aromatic rings. The lowest BCUT2D eigenvalue weighted by molar-refractivity contribution is 0.0138. The van der Waals surface area contributed by atoms with Crippen LogP contribution in [0.15, 0.2) is 0 Å². The van der Waals surface area contributed by atoms with Crippen LogP contribution in [0.2, 0.25) is 0 Å². The van der Waals surface area contributed by atoms with E-state index in [2.05, 4.69) is 24.2 Å². The van der Waals surface area contributed by atoms with Gasteiger partial charge in [-0.1, -0.05) is 0 Å². The molecule has 2 heterocycles. The van der Waals surface area contributed by atoms with Gasteiger partial charge >= 0.3 is 0 Å². The van der Waals surface area contributed by atoms with Crippen LogP contribution >= 0.6 is 0 Å². The second-order valence-electron chi connectivity index (χ2n) is 5.83. The Morgan fingerprint density at radius 1 is 1.24 bits per heavy atom. The summed E-state index contributed by atoms with van der Waals surface area (Å²) in [6.45, 7) is 6.88. The first-order valence-corrected chi connectivity index (χ1v) is 7.29. The van der Waals surface area contributed by atoms with Gasteiger partial charge in [-0.25, -0.2) is 0 Å². The quantitative estimate of drug-likeness (QED) is 0.812. The van der Waals surface area contributed by atoms with E-state index in [4.69, 9.17) is 4.74 Å². The Balaban J connectivity index is 1.64. The number of likely N-dealkylation sites (tertiary alicyclic amines) is 1. The third-order valence-corrected chi connectivity index (χ3v) is 4.41. The standard InChI is InChI=1S/C14H28N2O/c1-12(13-6-8-16(2)9-7-13)15-11-14-5-3-4-10-17-14/h12-15H,3-11H2,1-2H3. The molecule has 2 aliphatic rings. The lowest BCUT2D eigenvalue weighted by Gasteiger charge is -2.34. The van der Waals surface area contributed by atoms with Crippen LogP contribution < -0.4 is 5.32 Å². The van der Waals surface area contributed by atoms with E-state index in [-0.39, 0.29) is 0 Å². The number of hydrogen-bond donors (Lipinski definition) is 1. The average molecular weight is 240 g/mol. The summed E-state index contributed by atoms with van der Waals surface area (Å²) in [5.74, 6) is 0.856. The van der Waals surface area contributed by atoms with E-state index in [1.165, 1.54) is 45.2 Å². The van der Waals surface area contributed by atoms with Gasteiger partial charge in [0.2, 0.25) is 0 Å². The molecule has 3 nitrogen and oxygen atoms in total. The molecule has 2 unspecified atom stereocenters. The van der Waals surface area contributed by atoms with Crippen molar-refractivity contribution >= 4 is 0 Å². The van der Waals surface area contributed by atoms with Crippen molar-refractivity contribution in [1.29, 1.82) is 0 Å². The minimum atomic E-state index is 0.470. The molecule has 0 bridgehead atoms. The molecule has 2 atom stereocenters. The van der Waals surface area contributed by atoms with Gasteiger partial charge in [-0.3, -0.25) is 0 Å². The molecular formula is C14H28N2O. The van der Waals surface area contributed by atoms with E-state index in [9.17, 15) is 0 Å². The van der Waals surface area contributed by atoms with Crippen molar-refractivity contribution in [3.05, 3.63) is 0 Å². The predicted molar refractivity (Wildman–Crippen MR) is 71.3 cm³/mol. The third-order valence-electron chi connectivity index (χ3n) is 4.41. The molecular weight excluding hydrogens is 212 g/mol. The molecule has 0 amide bonds. The maximum Gasteiger partial charge on any atom is 0.0699 e. The second kappa shape index (κ2) is 6.72. The lowest BCUT2D eigenvalue weighted by atomic mass is 9.90. The van der Waals surface area contributed by atoms with Crippen LogP contribution in [0, 0.1) is 5.92 Å². The minimum Gasteiger partial charge on any atom is -0.377 e. The SMILES string of the molecule is CC(NCC1CCCCO1)C1CCN(C)CC1. The van der Waals surface area contributed by atoms with Crippen LogP contribution in [0.4, 0.5) is 0 Å². The van der Waals surface area contributed by atoms with Gasteiger partial charge in [-0.2, -0.15) is 0 Å². The second-order valence-corrected chi connectivity index (χ2v) is 5.83. The molecule has 0 saturated carbocycles. The summed E-state index contributed by atoms with van der Waals surface area (Å²) in [5.41, 5.74) is 0. The zero-order valence-corrected chi connectivity index (χ0v) is 11.5. The average Bonchev–Trinajstić information content (AvgIpc) is 2.38. The summed E-state index contributed by atoms with van der Waals surface area (Å²) < 4.78 is 5.76. The van der Waals surface area contributed by atoms with Crippen molar-refractivity contribution in [3.63, 3.8) is 0 Å². The van der Waals surface area contributed by atoms with Gasteiger partial charge in [0.15, 0.2) is 0 Å². The Kier molecular flexibility index (Phi) is 5.26. The molecule has 2 rings (SSSR count). The van der Waals surface area contributed by atoms with Crippen LogP contribution in [-0.2, 0) is 4.74 Å². The summed E-state index contributed by atoms with van der Waals surface area (Å²) in [4.78, 5) is 2.44. The summed E-state index contributed by atoms with van der Waals surface area (Å²) in [6, 6.07) is 0.647. The van der Waals surface area contributed by atoms with E-state index in [0.717, 1.165) is 19.1 Å². The monoisotopic (exact) mass is 240 g/mol. The Morgan fingerprint density at radius 2 is 2.00 bits per heavy atom. The predicted octanol–water partition coefficient (Wildman–Crippen LogP) is 1.88. The summed E-state index contributed by atoms with van der Waals surface area (Å²) in [5, 5.41) is 3.69. The third kappa shape index (κ3) is 4.23. The normalized spacial score (nSPS) is 30.4. The highest BCUT2D eigenvalue weighted by Crippen LogP contribution is 2.20. The van der Waals surface area contributed by atoms with E-state index in [1.54, 1.807) is 0 Å². The minimum absolute atomic E-state index is 0.470. The molecule has 2 aliphatic heterocycles. The number of ether oxygens (including phenoxy) is 1. The van der Waals surface area contributed by atoms with Gasteiger partial charge in [-0.15, -0.1) is 0 Å². The first-order chi connectivity index (χ1) is 8.25. The zero-order valence-electron chi connectivity index (χ0n) is 11.5. The fourth-order valence-corrected chi connectivity index (χ4v) is 2.98. The number of piperidine rings is 1. The molecule has 2 saturated heterocycles. The molecule has 0 aliphatic carbocycles. The largest absolute Gasteiger partial charge is 0.377 e. The fourth-order valence-electron chi connectivity index (χ4n) is 2.98. The Morgan fingerprint density at radius 3 is 2.65 bits per heavy atom. The molecule has 0 spiro atoms. The Labute approximate surface area is 106 Å². The molecule has 0 aromatic carbocycles. The molecule has 0 radical (unpaired) electrons. The van der Waals surface area contributed by atoms with Crippen molar-refractivity contribution in [2.45, 2.75) is 51.2 Å². The van der Waals surface area contributed by atoms with Crippen LogP contribution in [0.5, 0.6) is 0 Å². The van der Waals surface area contributed by atoms with Gasteiger partial charge in [0.05, 0.1) is 6.10 Å². The summed E-state index contributed by atoms with van der Waals surface area (Å²) >= 11 is 0. The molecule has 100 valence electrons. The van der Waals surface area contributed by atoms with E-state index in [0.29, 0.717) is 12.1 Å². The van der Waals surface area contributed by atoms with Gasteiger partial charge in [0, 0.05) is 19.2 Å². The molecule has 3 heteroatoms. The first kappa shape index (κ1) is 13.3. The van der Waals surface area contributed by atoms with E-state index in [1.807, 2.05) is 0 Å². The maximum atomic E-state index is 5.76. The van der Waals surface area contributed by atoms with Crippen molar-refractivity contribution in [2.24, 2.45) is 5.92 Å². The molecule has 17 heavy (non-hydrogen) atoms. The lowest BCUT2D eigenvalue weighted by Crippen LogP contribution is -2.43. The highest BCUT2D eigenvalue weighted by Gasteiger charge is 2.23. The zero-order chi connectivity index (χ0) is 12.1. The van der Waals surface area contributed by atoms with Crippen LogP contribution in [0.3, 0.4) is 0 Å². The maximum absolute atomic E-state index is 5.76. The van der Waals surface area contributed by atoms with E-state index >= 15 is 0 Å². The van der Waals surface area contributed by atoms with Gasteiger partial charge in [-0.05, 0) is 65.1 Å². The number of nitrogens with zero attached hydrogens (tertiary/aromatic N) is 1. The van der Waals surface area contributed by atoms with Crippen LogP contribution in [0.25, 0.3) is 0 Å². The fraction of sp³-hybridized carbons (Fsp3) is 1.00. The van der Waals surface area contributed by atoms with Crippen molar-refractivity contribution in [3.8, 4) is 0 Å². The summed E-state index contributed by atoms with van der Waals surface area (Å²) in [6.07, 6.45) is 6.99. The number of nitrogens with one attached hydrogen (secondary N) is 1. The topological polar surface area (TPSA) is 24.5 Å². The number of rotatable bonds is 4. The highest BCUT2D eigenvalue weighted by molar-refractivity contribution is 4.79. The molecule has 0 aromatic heterocycles. The van der Waals surface area contributed by atoms with Gasteiger partial charge < -0.3 is 15.0 Å². The van der Waals surface area contributed by atoms with Crippen LogP contribution in [-0.4, -0.2) is 50.3 Å². The Hall–Kier alpha value is -0.120. The van der Waals surface area contributed by atoms with Crippen molar-refractivity contribution in [2.75, 3.05) is 33.3 Å². The summed E-state index contributed by atoms with van der Waals surface area (Å²) in [7, 11) is 2.23. The smallest absolute Gasteiger partial charge is 0.0699 e. The van der Waals surface area contributed by atoms with Crippen molar-refractivity contribution < 1.29 is 4.74 Å². The first-order valence-electron chi connectivity index (χ1n) is 7.29. The van der Waals surface area contributed by atoms with Crippen molar-refractivity contribution in [1.82, 2.24) is 10.2 Å². The molecule has 2 fully saturated rings. The highest BCUT2D eigenvalue weighted by atomic mass is 16.5. The van der Waals surface area contributed by atoms with Crippen LogP contribution in [0.1, 0.15) is 39.0 Å². The van der Waals surface area contributed by atoms with E-state index < -0.39 is 0 Å². The van der Waals surface area contributed by atoms with Gasteiger partial charge in [0.25, 0.3) is 0 Å². The van der Waals surface area contributed by atoms with Gasteiger partial charge in [0.1, 0.15) is 0 Å².